The summed E-state index contributed by atoms with van der Waals surface area (Å²) < 4.78 is 0. The first-order valence-electron chi connectivity index (χ1n) is 35.0. The third-order valence-corrected chi connectivity index (χ3v) is 17.5. The largest absolute Gasteiger partial charge is 3.00 e. The molecular weight excluding hydrogens is 1490 g/mol. The van der Waals surface area contributed by atoms with Crippen LogP contribution in [0.3, 0.4) is 0 Å². The number of carboxylic acids is 3. The van der Waals surface area contributed by atoms with E-state index in [-0.39, 0.29) is 162 Å². The van der Waals surface area contributed by atoms with E-state index in [0.717, 1.165) is 10.9 Å². The van der Waals surface area contributed by atoms with Crippen LogP contribution in [0.4, 0.5) is 0 Å². The average Bonchev–Trinajstić information content (AvgIpc) is 1.74. The summed E-state index contributed by atoms with van der Waals surface area (Å²) in [6, 6.07) is 5.29. The van der Waals surface area contributed by atoms with Crippen molar-refractivity contribution < 1.29 is 82.4 Å². The van der Waals surface area contributed by atoms with Crippen molar-refractivity contribution in [2.75, 3.05) is 105 Å². The van der Waals surface area contributed by atoms with Crippen LogP contribution in [0.1, 0.15) is 81.5 Å². The zero-order valence-electron chi connectivity index (χ0n) is 59.7. The van der Waals surface area contributed by atoms with Gasteiger partial charge in [0, 0.05) is 133 Å². The molecule has 39 heteroatoms. The second-order valence-corrected chi connectivity index (χ2v) is 25.8. The van der Waals surface area contributed by atoms with Gasteiger partial charge in [0.15, 0.2) is 5.96 Å². The summed E-state index contributed by atoms with van der Waals surface area (Å²) in [5, 5.41) is 61.6. The quantitative estimate of drug-likeness (QED) is 0.0136. The number of amides is 11. The van der Waals surface area contributed by atoms with Crippen molar-refractivity contribution in [3.8, 4) is 0 Å². The number of imidazole rings is 1. The smallest absolute Gasteiger partial charge is 0.549 e. The number of aromatic nitrogens is 3. The normalized spacial score (nSPS) is 20.3. The monoisotopic (exact) mass is 1590 g/mol. The number of rotatable bonds is 29. The van der Waals surface area contributed by atoms with Crippen molar-refractivity contribution in [2.24, 2.45) is 22.2 Å². The van der Waals surface area contributed by atoms with E-state index in [9.17, 15) is 82.4 Å². The minimum absolute atomic E-state index is 0. The maximum atomic E-state index is 14.9. The molecule has 0 bridgehead atoms. The molecule has 4 aromatic rings. The predicted molar refractivity (Wildman–Crippen MR) is 381 cm³/mol. The molecule has 18 N–H and O–H groups in total. The van der Waals surface area contributed by atoms with Gasteiger partial charge in [-0.3, -0.25) is 77.3 Å². The van der Waals surface area contributed by atoms with Gasteiger partial charge in [0.05, 0.1) is 50.3 Å². The number of nitrogens with one attached hydrogen (secondary N) is 12. The van der Waals surface area contributed by atoms with E-state index >= 15 is 0 Å². The number of aromatic amines is 2. The van der Waals surface area contributed by atoms with Gasteiger partial charge in [0.2, 0.25) is 65.0 Å². The molecule has 2 aromatic carbocycles. The van der Waals surface area contributed by atoms with Crippen LogP contribution in [0.15, 0.2) is 78.3 Å². The van der Waals surface area contributed by atoms with Gasteiger partial charge in [-0.05, 0) is 55.7 Å². The van der Waals surface area contributed by atoms with Gasteiger partial charge in [-0.25, -0.2) is 4.98 Å². The number of hydrogen-bond donors (Lipinski definition) is 15. The number of carboxylic acid groups (broad SMARTS) is 3. The molecule has 0 radical (unpaired) electrons. The Morgan fingerprint density at radius 3 is 1.72 bits per heavy atom. The number of carbonyl (C=O) groups excluding carboxylic acids is 14. The summed E-state index contributed by atoms with van der Waals surface area (Å²) in [5.74, 6) is -14.1. The number of hydrogen-bond acceptors (Lipinski definition) is 23. The van der Waals surface area contributed by atoms with E-state index in [1.165, 1.54) is 27.2 Å². The third kappa shape index (κ3) is 32.2. The number of unbranched alkanes of at least 4 members (excludes halogenated alkanes) is 1. The number of nitrogens with two attached hydrogens (primary N) is 3. The molecule has 0 saturated carbocycles. The molecule has 2 saturated heterocycles. The van der Waals surface area contributed by atoms with Crippen molar-refractivity contribution in [3.63, 3.8) is 0 Å². The molecular formula is C68H96InN21O17. The van der Waals surface area contributed by atoms with E-state index in [1.807, 2.05) is 18.2 Å². The number of fused-ring (bicyclic) bond motifs is 1. The second-order valence-electron chi connectivity index (χ2n) is 25.8. The average molecular weight is 1590 g/mol. The number of nitrogens with zero attached hydrogens (tertiary/aromatic N) is 6. The number of guanidine groups is 1. The fourth-order valence-corrected chi connectivity index (χ4v) is 11.8. The minimum atomic E-state index is -1.79. The molecule has 38 nitrogen and oxygen atoms in total. The minimum Gasteiger partial charge on any atom is -0.549 e. The maximum Gasteiger partial charge on any atom is 3.00 e. The van der Waals surface area contributed by atoms with Crippen LogP contribution in [-0.4, -0.2) is 296 Å². The van der Waals surface area contributed by atoms with Gasteiger partial charge in [0.25, 0.3) is 0 Å². The number of carbonyl (C=O) groups is 14. The Morgan fingerprint density at radius 1 is 0.607 bits per heavy atom. The Hall–Kier alpha value is -10.2. The number of primary amides is 1. The van der Waals surface area contributed by atoms with Crippen LogP contribution >= 0.6 is 0 Å². The summed E-state index contributed by atoms with van der Waals surface area (Å²) in [6.07, 6.45) is 4.08. The summed E-state index contributed by atoms with van der Waals surface area (Å²) in [7, 11) is 0. The molecule has 0 spiro atoms. The van der Waals surface area contributed by atoms with Crippen molar-refractivity contribution in [2.45, 2.75) is 126 Å². The van der Waals surface area contributed by atoms with E-state index in [1.54, 1.807) is 54.4 Å². The first-order valence-corrected chi connectivity index (χ1v) is 35.0. The maximum absolute atomic E-state index is 14.9. The van der Waals surface area contributed by atoms with Crippen molar-refractivity contribution >= 4 is 126 Å². The van der Waals surface area contributed by atoms with E-state index in [4.69, 9.17) is 17.2 Å². The van der Waals surface area contributed by atoms with Crippen molar-refractivity contribution in [1.29, 1.82) is 0 Å². The van der Waals surface area contributed by atoms with Crippen LogP contribution in [0.5, 0.6) is 0 Å². The van der Waals surface area contributed by atoms with Crippen molar-refractivity contribution in [1.82, 2.24) is 87.7 Å². The third-order valence-electron chi connectivity index (χ3n) is 17.5. The van der Waals surface area contributed by atoms with E-state index in [0.29, 0.717) is 29.7 Å². The van der Waals surface area contributed by atoms with Gasteiger partial charge in [-0.2, -0.15) is 0 Å². The van der Waals surface area contributed by atoms with Gasteiger partial charge >= 0.3 is 25.8 Å². The van der Waals surface area contributed by atoms with Gasteiger partial charge in [-0.1, -0.05) is 68.3 Å². The molecule has 107 heavy (non-hydrogen) atoms. The van der Waals surface area contributed by atoms with Gasteiger partial charge in [0.1, 0.15) is 42.3 Å². The molecule has 2 aliphatic heterocycles. The van der Waals surface area contributed by atoms with Gasteiger partial charge < -0.3 is 110 Å². The fourth-order valence-electron chi connectivity index (χ4n) is 11.8. The summed E-state index contributed by atoms with van der Waals surface area (Å²) in [5.41, 5.74) is 19.3. The molecule has 0 aliphatic carbocycles. The Labute approximate surface area is 635 Å². The fraction of sp³-hybridized carbons (Fsp3) is 0.529. The molecule has 2 aromatic heterocycles. The van der Waals surface area contributed by atoms with Crippen molar-refractivity contribution in [3.05, 3.63) is 90.1 Å². The van der Waals surface area contributed by atoms with E-state index in [2.05, 4.69) is 73.1 Å². The Bertz CT molecular complexity index is 3640. The Morgan fingerprint density at radius 2 is 1.14 bits per heavy atom. The Kier molecular flexibility index (Phi) is 37.5. The van der Waals surface area contributed by atoms with E-state index < -0.39 is 164 Å². The number of aliphatic carboxylic acids is 3. The van der Waals surface area contributed by atoms with Gasteiger partial charge in [-0.15, -0.1) is 0 Å². The number of H-pyrrole nitrogens is 2. The first-order chi connectivity index (χ1) is 50.7. The Balaban J connectivity index is 0.0000205. The molecule has 578 valence electrons. The number of benzene rings is 2. The zero-order chi connectivity index (χ0) is 77.1. The predicted octanol–water partition coefficient (Wildman–Crippen LogP) is -9.95. The zero-order valence-corrected chi connectivity index (χ0v) is 63.0. The molecule has 6 rings (SSSR count). The molecule has 2 aliphatic rings. The van der Waals surface area contributed by atoms with Crippen LogP contribution in [0.25, 0.3) is 10.9 Å². The summed E-state index contributed by atoms with van der Waals surface area (Å²) >= 11 is 0. The molecule has 11 amide bonds. The number of aliphatic imine (C=N–C) groups is 1. The standard InChI is InChI=1S/C68H99N21O17.In/c1-2-3-15-48(79-56(92)36-76-55(91)35-77-57(93)37-86-21-23-87(38-58(94)95)25-27-89(40-60(98)99)28-26-88(24-22-86)39-59(96)97)62(101)85-53-32-54(90)73-19-10-9-17-47(61(69)100)80-65(104)51(30-43-33-75-46-16-8-7-14-45(43)46)83-63(102)49(18-11-20-74-68(70)71)81-64(103)50(29-42-12-5-4-6-13-42)82-66(105)52(84-67(53)106)31-44-34-72-41-78-44;/h4-8,12-14,16,33-34,41,47-53,75H,2-3,9-11,15,17-32,35-40H2,1H3,(H2,69,100)(H,72,78)(H,73,90)(H,76,91)(H,77,93)(H,79,92)(H,80,104)(H,81,103)(H,82,105)(H,83,102)(H,84,106)(H,85,101)(H,94,95)(H,96,97)(H,98,99)(H4,70,71,74);/q;+3/p-3/t47-,48-,49-,50+,51-,52-,53-;/m0./s1/i;1-4. The molecule has 7 atom stereocenters. The molecule has 2 fully saturated rings. The second kappa shape index (κ2) is 46.0. The van der Waals surface area contributed by atoms with Crippen LogP contribution in [0, 0.1) is 0 Å². The molecule has 0 unspecified atom stereocenters. The van der Waals surface area contributed by atoms with Crippen LogP contribution in [0.2, 0.25) is 0 Å². The summed E-state index contributed by atoms with van der Waals surface area (Å²) in [4.78, 5) is 211. The number of para-hydroxylation sites is 1. The first kappa shape index (κ1) is 87.4. The SMILES string of the molecule is CCCC[C@H](NC(=O)CNC(=O)CNC(=O)CN1CCN(CC(=O)[O-])CCN(CC(=O)[O-])CCN(CC(=O)[O-])CC1)C(=O)N[C@H]1CC(=O)NCCCC[C@@H](C(N)=O)NC(=O)[C@H](Cc2c[nH]c3ccccc23)NC(=O)[C@H](CCCN=C(N)N)NC(=O)[C@@H](Cc2ccccc2)NC(=O)[C@H](Cc2cnc[nH]2)NC1=O.[111In+3]. The molecule has 4 heterocycles. The van der Waals surface area contributed by atoms with Crippen LogP contribution in [-0.2, 0) is 86.4 Å². The van der Waals surface area contributed by atoms with Crippen LogP contribution < -0.4 is 85.7 Å². The topological polar surface area (TPSA) is 576 Å². The summed E-state index contributed by atoms with van der Waals surface area (Å²) in [6.45, 7) is -0.999.